The Balaban J connectivity index is 1.38. The van der Waals surface area contributed by atoms with Gasteiger partial charge in [0, 0.05) is 16.2 Å². The zero-order chi connectivity index (χ0) is 21.8. The summed E-state index contributed by atoms with van der Waals surface area (Å²) in [6, 6.07) is 15.9. The Morgan fingerprint density at radius 3 is 2.68 bits per heavy atom. The van der Waals surface area contributed by atoms with Gasteiger partial charge in [0.25, 0.3) is 5.91 Å². The van der Waals surface area contributed by atoms with Crippen LogP contribution in [0, 0.1) is 5.82 Å². The number of hydrogen-bond donors (Lipinski definition) is 1. The molecular formula is C22H16Br2FN3O2S. The number of halogens is 3. The molecule has 158 valence electrons. The third kappa shape index (κ3) is 5.61. The third-order valence-electron chi connectivity index (χ3n) is 4.32. The smallest absolute Gasteiger partial charge is 0.266 e. The molecular weight excluding hydrogens is 549 g/mol. The predicted molar refractivity (Wildman–Crippen MR) is 126 cm³/mol. The highest BCUT2D eigenvalue weighted by Gasteiger charge is 2.15. The maximum absolute atomic E-state index is 13.7. The number of hydrogen-bond acceptors (Lipinski definition) is 4. The molecule has 4 rings (SSSR count). The number of benzene rings is 2. The summed E-state index contributed by atoms with van der Waals surface area (Å²) in [4.78, 5) is 13.2. The second kappa shape index (κ2) is 9.76. The first kappa shape index (κ1) is 21.7. The maximum Gasteiger partial charge on any atom is 0.266 e. The van der Waals surface area contributed by atoms with Gasteiger partial charge in [0.2, 0.25) is 0 Å². The van der Waals surface area contributed by atoms with E-state index in [2.05, 4.69) is 42.3 Å². The summed E-state index contributed by atoms with van der Waals surface area (Å²) in [5, 5.41) is 9.09. The van der Waals surface area contributed by atoms with Crippen molar-refractivity contribution < 1.29 is 13.9 Å². The number of carbonyl (C=O) groups excluding carboxylic acids is 1. The summed E-state index contributed by atoms with van der Waals surface area (Å²) in [5.41, 5.74) is 1.88. The molecule has 1 N–H and O–H groups in total. The number of nitrogens with zero attached hydrogens (tertiary/aromatic N) is 2. The molecule has 0 atom stereocenters. The lowest BCUT2D eigenvalue weighted by Crippen LogP contribution is -2.11. The molecule has 2 aromatic heterocycles. The summed E-state index contributed by atoms with van der Waals surface area (Å²) >= 11 is 8.16. The van der Waals surface area contributed by atoms with Crippen LogP contribution in [0.3, 0.4) is 0 Å². The summed E-state index contributed by atoms with van der Waals surface area (Å²) in [6.45, 7) is 0.758. The van der Waals surface area contributed by atoms with Crippen LogP contribution in [0.1, 0.15) is 20.8 Å². The molecule has 0 spiro atoms. The fourth-order valence-corrected chi connectivity index (χ4v) is 4.27. The van der Waals surface area contributed by atoms with Gasteiger partial charge in [-0.3, -0.25) is 9.48 Å². The van der Waals surface area contributed by atoms with Gasteiger partial charge in [0.15, 0.2) is 17.4 Å². The highest BCUT2D eigenvalue weighted by atomic mass is 79.9. The van der Waals surface area contributed by atoms with E-state index in [4.69, 9.17) is 4.74 Å². The first-order chi connectivity index (χ1) is 15.0. The molecule has 31 heavy (non-hydrogen) atoms. The van der Waals surface area contributed by atoms with E-state index >= 15 is 0 Å². The minimum absolute atomic E-state index is 0.177. The second-order valence-corrected chi connectivity index (χ2v) is 9.32. The van der Waals surface area contributed by atoms with E-state index in [9.17, 15) is 9.18 Å². The van der Waals surface area contributed by atoms with Crippen molar-refractivity contribution in [3.63, 3.8) is 0 Å². The zero-order valence-corrected chi connectivity index (χ0v) is 20.0. The van der Waals surface area contributed by atoms with E-state index < -0.39 is 5.82 Å². The molecule has 0 radical (unpaired) electrons. The fraction of sp³-hybridized carbons (Fsp3) is 0.0909. The normalized spacial score (nSPS) is 10.8. The monoisotopic (exact) mass is 563 g/mol. The molecule has 2 aromatic carbocycles. The predicted octanol–water partition coefficient (Wildman–Crippen LogP) is 6.49. The molecule has 9 heteroatoms. The van der Waals surface area contributed by atoms with Crippen molar-refractivity contribution in [2.24, 2.45) is 0 Å². The molecule has 2 heterocycles. The molecule has 0 bridgehead atoms. The molecule has 4 aromatic rings. The number of carbonyl (C=O) groups is 1. The quantitative estimate of drug-likeness (QED) is 0.279. The number of nitrogens with one attached hydrogen (secondary N) is 1. The van der Waals surface area contributed by atoms with E-state index in [1.165, 1.54) is 17.4 Å². The number of aromatic nitrogens is 2. The minimum Gasteiger partial charge on any atom is -0.486 e. The molecule has 1 amide bonds. The van der Waals surface area contributed by atoms with Gasteiger partial charge < -0.3 is 10.1 Å². The van der Waals surface area contributed by atoms with Gasteiger partial charge in [0.05, 0.1) is 15.9 Å². The van der Waals surface area contributed by atoms with Crippen LogP contribution in [0.5, 0.6) is 5.75 Å². The number of amides is 1. The van der Waals surface area contributed by atoms with Gasteiger partial charge in [-0.25, -0.2) is 4.39 Å². The summed E-state index contributed by atoms with van der Waals surface area (Å²) in [7, 11) is 0. The summed E-state index contributed by atoms with van der Waals surface area (Å²) in [5.74, 6) is -0.0596. The molecule has 5 nitrogen and oxygen atoms in total. The molecule has 0 aliphatic rings. The lowest BCUT2D eigenvalue weighted by molar-refractivity contribution is 0.103. The number of anilines is 1. The molecule has 0 aliphatic heterocycles. The van der Waals surface area contributed by atoms with E-state index in [0.717, 1.165) is 15.6 Å². The van der Waals surface area contributed by atoms with Crippen molar-refractivity contribution in [3.8, 4) is 5.75 Å². The average Bonchev–Trinajstić information content (AvgIpc) is 3.36. The Morgan fingerprint density at radius 1 is 1.13 bits per heavy atom. The first-order valence-corrected chi connectivity index (χ1v) is 11.7. The Labute approximate surface area is 199 Å². The number of rotatable bonds is 7. The Morgan fingerprint density at radius 2 is 1.90 bits per heavy atom. The molecule has 0 unspecified atom stereocenters. The van der Waals surface area contributed by atoms with Gasteiger partial charge in [-0.05, 0) is 57.2 Å². The number of ether oxygens (including phenoxy) is 1. The van der Waals surface area contributed by atoms with Gasteiger partial charge in [-0.1, -0.05) is 40.2 Å². The van der Waals surface area contributed by atoms with Gasteiger partial charge in [-0.2, -0.15) is 5.10 Å². The molecule has 0 saturated carbocycles. The Bertz CT molecular complexity index is 1210. The fourth-order valence-electron chi connectivity index (χ4n) is 2.80. The first-order valence-electron chi connectivity index (χ1n) is 9.21. The summed E-state index contributed by atoms with van der Waals surface area (Å²) in [6.07, 6.45) is 1.82. The van der Waals surface area contributed by atoms with E-state index in [1.54, 1.807) is 28.9 Å². The van der Waals surface area contributed by atoms with Gasteiger partial charge in [0.1, 0.15) is 6.61 Å². The Kier molecular flexibility index (Phi) is 6.84. The topological polar surface area (TPSA) is 56.2 Å². The highest BCUT2D eigenvalue weighted by Crippen LogP contribution is 2.24. The van der Waals surface area contributed by atoms with Crippen LogP contribution < -0.4 is 10.1 Å². The van der Waals surface area contributed by atoms with E-state index in [0.29, 0.717) is 21.7 Å². The highest BCUT2D eigenvalue weighted by molar-refractivity contribution is 9.10. The largest absolute Gasteiger partial charge is 0.486 e. The zero-order valence-electron chi connectivity index (χ0n) is 16.0. The van der Waals surface area contributed by atoms with Crippen molar-refractivity contribution in [1.29, 1.82) is 0 Å². The van der Waals surface area contributed by atoms with Crippen LogP contribution in [-0.4, -0.2) is 15.7 Å². The second-order valence-electron chi connectivity index (χ2n) is 6.64. The van der Waals surface area contributed by atoms with Crippen LogP contribution in [0.15, 0.2) is 75.1 Å². The lowest BCUT2D eigenvalue weighted by atomic mass is 10.2. The number of para-hydroxylation sites is 1. The third-order valence-corrected chi connectivity index (χ3v) is 6.40. The number of thiophene rings is 1. The molecule has 0 saturated heterocycles. The van der Waals surface area contributed by atoms with Gasteiger partial charge in [-0.15, -0.1) is 11.3 Å². The van der Waals surface area contributed by atoms with Crippen LogP contribution in [-0.2, 0) is 13.2 Å². The maximum atomic E-state index is 13.7. The minimum atomic E-state index is -0.417. The lowest BCUT2D eigenvalue weighted by Gasteiger charge is -2.05. The van der Waals surface area contributed by atoms with Gasteiger partial charge >= 0.3 is 0 Å². The van der Waals surface area contributed by atoms with Crippen LogP contribution in [0.2, 0.25) is 0 Å². The van der Waals surface area contributed by atoms with E-state index in [1.807, 2.05) is 35.8 Å². The van der Waals surface area contributed by atoms with Crippen molar-refractivity contribution >= 4 is 54.9 Å². The van der Waals surface area contributed by atoms with Crippen LogP contribution in [0.25, 0.3) is 0 Å². The SMILES string of the molecule is O=C(Nc1nn(Cc2ccc(Br)cc2)cc1Br)c1cc(COc2ccccc2F)cs1. The van der Waals surface area contributed by atoms with Crippen molar-refractivity contribution in [3.05, 3.63) is 96.9 Å². The van der Waals surface area contributed by atoms with Crippen LogP contribution >= 0.6 is 43.2 Å². The molecule has 0 fully saturated rings. The van der Waals surface area contributed by atoms with Crippen molar-refractivity contribution in [1.82, 2.24) is 9.78 Å². The standard InChI is InChI=1S/C22H16Br2FN3O2S/c23-16-7-5-14(6-8-16)10-28-11-17(24)21(27-28)26-22(29)20-9-15(13-31-20)12-30-19-4-2-1-3-18(19)25/h1-9,11,13H,10,12H2,(H,26,27,29). The van der Waals surface area contributed by atoms with Crippen molar-refractivity contribution in [2.75, 3.05) is 5.32 Å². The average molecular weight is 565 g/mol. The summed E-state index contributed by atoms with van der Waals surface area (Å²) < 4.78 is 22.6. The van der Waals surface area contributed by atoms with Crippen molar-refractivity contribution in [2.45, 2.75) is 13.2 Å². The van der Waals surface area contributed by atoms with Crippen LogP contribution in [0.4, 0.5) is 10.2 Å². The molecule has 0 aliphatic carbocycles. The van der Waals surface area contributed by atoms with E-state index in [-0.39, 0.29) is 18.3 Å². The Hall–Kier alpha value is -2.49.